The normalized spacial score (nSPS) is 11.3. The predicted octanol–water partition coefficient (Wildman–Crippen LogP) is 4.30. The maximum absolute atomic E-state index is 4.72. The number of hydrogen-bond donors (Lipinski definition) is 0. The summed E-state index contributed by atoms with van der Waals surface area (Å²) in [7, 11) is 0. The lowest BCUT2D eigenvalue weighted by Crippen LogP contribution is -1.89. The van der Waals surface area contributed by atoms with Gasteiger partial charge in [0.25, 0.3) is 0 Å². The van der Waals surface area contributed by atoms with Crippen LogP contribution in [0.2, 0.25) is 0 Å². The standard InChI is InChI=1S/C15H16N2S/c1-9-5-11(3)13(6-10(9)2)14-7-17-12(4)8-18-15(17)16-14/h5-8H,1-4H3. The molecular weight excluding hydrogens is 240 g/mol. The molecular formula is C15H16N2S. The summed E-state index contributed by atoms with van der Waals surface area (Å²) in [4.78, 5) is 5.79. The first-order valence-corrected chi connectivity index (χ1v) is 6.95. The van der Waals surface area contributed by atoms with Gasteiger partial charge in [0.1, 0.15) is 0 Å². The van der Waals surface area contributed by atoms with Crippen molar-refractivity contribution in [1.82, 2.24) is 9.38 Å². The maximum Gasteiger partial charge on any atom is 0.194 e. The molecule has 1 aromatic carbocycles. The van der Waals surface area contributed by atoms with E-state index in [0.717, 1.165) is 10.7 Å². The third kappa shape index (κ3) is 1.66. The summed E-state index contributed by atoms with van der Waals surface area (Å²) in [6.07, 6.45) is 2.14. The highest BCUT2D eigenvalue weighted by Crippen LogP contribution is 2.28. The molecule has 0 saturated carbocycles. The number of imidazole rings is 1. The van der Waals surface area contributed by atoms with Gasteiger partial charge >= 0.3 is 0 Å². The van der Waals surface area contributed by atoms with E-state index < -0.39 is 0 Å². The zero-order chi connectivity index (χ0) is 12.9. The van der Waals surface area contributed by atoms with Crippen molar-refractivity contribution in [3.8, 4) is 11.3 Å². The number of fused-ring (bicyclic) bond motifs is 1. The first-order chi connectivity index (χ1) is 8.56. The minimum absolute atomic E-state index is 1.07. The molecule has 92 valence electrons. The molecule has 2 aromatic heterocycles. The Kier molecular flexibility index (Phi) is 2.52. The Morgan fingerprint density at radius 3 is 2.44 bits per heavy atom. The number of benzene rings is 1. The fraction of sp³-hybridized carbons (Fsp3) is 0.267. The van der Waals surface area contributed by atoms with Crippen LogP contribution in [0.5, 0.6) is 0 Å². The second kappa shape index (κ2) is 3.95. The molecule has 3 rings (SSSR count). The molecule has 0 fully saturated rings. The Balaban J connectivity index is 2.22. The molecule has 0 aliphatic rings. The van der Waals surface area contributed by atoms with Gasteiger partial charge in [-0.2, -0.15) is 0 Å². The Bertz CT molecular complexity index is 734. The van der Waals surface area contributed by atoms with Crippen molar-refractivity contribution in [2.45, 2.75) is 27.7 Å². The van der Waals surface area contributed by atoms with Crippen LogP contribution in [0, 0.1) is 27.7 Å². The molecule has 0 N–H and O–H groups in total. The largest absolute Gasteiger partial charge is 0.294 e. The number of hydrogen-bond acceptors (Lipinski definition) is 2. The van der Waals surface area contributed by atoms with E-state index in [4.69, 9.17) is 4.98 Å². The lowest BCUT2D eigenvalue weighted by Gasteiger charge is -2.07. The van der Waals surface area contributed by atoms with Crippen LogP contribution in [0.15, 0.2) is 23.7 Å². The third-order valence-corrected chi connectivity index (χ3v) is 4.46. The van der Waals surface area contributed by atoms with Crippen molar-refractivity contribution >= 4 is 16.3 Å². The monoisotopic (exact) mass is 256 g/mol. The van der Waals surface area contributed by atoms with Crippen LogP contribution in [-0.2, 0) is 0 Å². The number of rotatable bonds is 1. The highest BCUT2D eigenvalue weighted by atomic mass is 32.1. The zero-order valence-electron chi connectivity index (χ0n) is 11.1. The topological polar surface area (TPSA) is 17.3 Å². The van der Waals surface area contributed by atoms with Gasteiger partial charge in [0, 0.05) is 22.8 Å². The Labute approximate surface area is 111 Å². The Morgan fingerprint density at radius 2 is 1.72 bits per heavy atom. The molecule has 0 saturated heterocycles. The second-order valence-corrected chi connectivity index (χ2v) is 5.74. The van der Waals surface area contributed by atoms with Crippen LogP contribution < -0.4 is 0 Å². The molecule has 0 unspecified atom stereocenters. The van der Waals surface area contributed by atoms with Crippen LogP contribution in [-0.4, -0.2) is 9.38 Å². The summed E-state index contributed by atoms with van der Waals surface area (Å²) in [5.74, 6) is 0. The molecule has 18 heavy (non-hydrogen) atoms. The quantitative estimate of drug-likeness (QED) is 0.634. The average Bonchev–Trinajstić information content (AvgIpc) is 2.87. The van der Waals surface area contributed by atoms with Crippen LogP contribution in [0.25, 0.3) is 16.2 Å². The highest BCUT2D eigenvalue weighted by molar-refractivity contribution is 7.15. The van der Waals surface area contributed by atoms with E-state index >= 15 is 0 Å². The van der Waals surface area contributed by atoms with E-state index in [1.165, 1.54) is 27.9 Å². The molecule has 2 nitrogen and oxygen atoms in total. The maximum atomic E-state index is 4.72. The van der Waals surface area contributed by atoms with Crippen LogP contribution >= 0.6 is 11.3 Å². The van der Waals surface area contributed by atoms with E-state index in [-0.39, 0.29) is 0 Å². The number of nitrogens with zero attached hydrogens (tertiary/aromatic N) is 2. The Hall–Kier alpha value is -1.61. The van der Waals surface area contributed by atoms with Crippen molar-refractivity contribution in [2.24, 2.45) is 0 Å². The van der Waals surface area contributed by atoms with E-state index in [0.29, 0.717) is 0 Å². The molecule has 0 bridgehead atoms. The van der Waals surface area contributed by atoms with Gasteiger partial charge in [0.15, 0.2) is 4.96 Å². The fourth-order valence-corrected chi connectivity index (χ4v) is 3.11. The van der Waals surface area contributed by atoms with Gasteiger partial charge in [-0.1, -0.05) is 6.07 Å². The summed E-state index contributed by atoms with van der Waals surface area (Å²) in [5, 5.41) is 2.14. The molecule has 0 aliphatic heterocycles. The summed E-state index contributed by atoms with van der Waals surface area (Å²) >= 11 is 1.69. The third-order valence-electron chi connectivity index (χ3n) is 3.51. The summed E-state index contributed by atoms with van der Waals surface area (Å²) in [5.41, 5.74) is 7.52. The van der Waals surface area contributed by atoms with Gasteiger partial charge in [-0.3, -0.25) is 4.40 Å². The van der Waals surface area contributed by atoms with E-state index in [1.54, 1.807) is 11.3 Å². The smallest absolute Gasteiger partial charge is 0.194 e. The van der Waals surface area contributed by atoms with Crippen LogP contribution in [0.4, 0.5) is 0 Å². The molecule has 2 heterocycles. The summed E-state index contributed by atoms with van der Waals surface area (Å²) in [6, 6.07) is 4.48. The fourth-order valence-electron chi connectivity index (χ4n) is 2.26. The first kappa shape index (κ1) is 11.5. The van der Waals surface area contributed by atoms with Crippen LogP contribution in [0.3, 0.4) is 0 Å². The first-order valence-electron chi connectivity index (χ1n) is 6.07. The summed E-state index contributed by atoms with van der Waals surface area (Å²) < 4.78 is 2.16. The van der Waals surface area contributed by atoms with Crippen molar-refractivity contribution in [2.75, 3.05) is 0 Å². The minimum atomic E-state index is 1.07. The number of thiazole rings is 1. The molecule has 3 aromatic rings. The van der Waals surface area contributed by atoms with Gasteiger partial charge in [-0.25, -0.2) is 4.98 Å². The molecule has 0 amide bonds. The zero-order valence-corrected chi connectivity index (χ0v) is 11.9. The number of aryl methyl sites for hydroxylation is 4. The van der Waals surface area contributed by atoms with Crippen molar-refractivity contribution in [1.29, 1.82) is 0 Å². The highest BCUT2D eigenvalue weighted by Gasteiger charge is 2.10. The second-order valence-electron chi connectivity index (χ2n) is 4.91. The van der Waals surface area contributed by atoms with E-state index in [2.05, 4.69) is 55.8 Å². The Morgan fingerprint density at radius 1 is 1.00 bits per heavy atom. The van der Waals surface area contributed by atoms with Gasteiger partial charge in [-0.15, -0.1) is 11.3 Å². The summed E-state index contributed by atoms with van der Waals surface area (Å²) in [6.45, 7) is 8.58. The lowest BCUT2D eigenvalue weighted by molar-refractivity contribution is 1.13. The number of aromatic nitrogens is 2. The van der Waals surface area contributed by atoms with E-state index in [1.807, 2.05) is 0 Å². The van der Waals surface area contributed by atoms with Crippen molar-refractivity contribution in [3.05, 3.63) is 46.1 Å². The molecule has 0 radical (unpaired) electrons. The predicted molar refractivity (Wildman–Crippen MR) is 77.5 cm³/mol. The lowest BCUT2D eigenvalue weighted by atomic mass is 9.99. The van der Waals surface area contributed by atoms with Crippen molar-refractivity contribution in [3.63, 3.8) is 0 Å². The van der Waals surface area contributed by atoms with E-state index in [9.17, 15) is 0 Å². The average molecular weight is 256 g/mol. The van der Waals surface area contributed by atoms with Gasteiger partial charge in [0.2, 0.25) is 0 Å². The van der Waals surface area contributed by atoms with Crippen LogP contribution in [0.1, 0.15) is 22.4 Å². The molecule has 0 aliphatic carbocycles. The van der Waals surface area contributed by atoms with Gasteiger partial charge < -0.3 is 0 Å². The van der Waals surface area contributed by atoms with Gasteiger partial charge in [0.05, 0.1) is 5.69 Å². The minimum Gasteiger partial charge on any atom is -0.294 e. The molecule has 0 spiro atoms. The molecule has 0 atom stereocenters. The SMILES string of the molecule is Cc1cc(C)c(-c2cn3c(C)csc3n2)cc1C. The van der Waals surface area contributed by atoms with Crippen molar-refractivity contribution < 1.29 is 0 Å². The molecule has 3 heteroatoms. The van der Waals surface area contributed by atoms with Gasteiger partial charge in [-0.05, 0) is 50.5 Å².